The standard InChI is InChI=1S/C17H25N3/c1-13(2)9-18-10-17-11-19-20(15(17)4)12-16-7-5-14(3)6-8-16/h5-8,11,13,18H,9-10,12H2,1-4H3. The minimum Gasteiger partial charge on any atom is -0.312 e. The van der Waals surface area contributed by atoms with E-state index < -0.39 is 0 Å². The zero-order valence-electron chi connectivity index (χ0n) is 13.0. The topological polar surface area (TPSA) is 29.9 Å². The number of benzene rings is 1. The number of nitrogens with zero attached hydrogens (tertiary/aromatic N) is 2. The highest BCUT2D eigenvalue weighted by Crippen LogP contribution is 2.11. The van der Waals surface area contributed by atoms with E-state index in [0.29, 0.717) is 5.92 Å². The van der Waals surface area contributed by atoms with Crippen LogP contribution in [0.25, 0.3) is 0 Å². The van der Waals surface area contributed by atoms with Crippen LogP contribution in [0.3, 0.4) is 0 Å². The van der Waals surface area contributed by atoms with Crippen molar-refractivity contribution in [2.75, 3.05) is 6.54 Å². The van der Waals surface area contributed by atoms with Crippen LogP contribution in [0.5, 0.6) is 0 Å². The second-order valence-electron chi connectivity index (χ2n) is 5.92. The highest BCUT2D eigenvalue weighted by atomic mass is 15.3. The second-order valence-corrected chi connectivity index (χ2v) is 5.92. The molecule has 0 atom stereocenters. The number of aromatic nitrogens is 2. The molecule has 3 heteroatoms. The molecule has 0 saturated heterocycles. The average Bonchev–Trinajstić information content (AvgIpc) is 2.74. The molecular formula is C17H25N3. The predicted molar refractivity (Wildman–Crippen MR) is 83.8 cm³/mol. The van der Waals surface area contributed by atoms with Gasteiger partial charge in [-0.15, -0.1) is 0 Å². The molecule has 2 aromatic rings. The van der Waals surface area contributed by atoms with Gasteiger partial charge in [0.15, 0.2) is 0 Å². The quantitative estimate of drug-likeness (QED) is 0.873. The molecule has 108 valence electrons. The molecule has 0 unspecified atom stereocenters. The first-order valence-corrected chi connectivity index (χ1v) is 7.34. The van der Waals surface area contributed by atoms with E-state index in [1.54, 1.807) is 0 Å². The monoisotopic (exact) mass is 271 g/mol. The van der Waals surface area contributed by atoms with Crippen molar-refractivity contribution < 1.29 is 0 Å². The third-order valence-corrected chi connectivity index (χ3v) is 3.53. The number of hydrogen-bond acceptors (Lipinski definition) is 2. The summed E-state index contributed by atoms with van der Waals surface area (Å²) in [7, 11) is 0. The molecule has 0 amide bonds. The van der Waals surface area contributed by atoms with Gasteiger partial charge in [0.2, 0.25) is 0 Å². The van der Waals surface area contributed by atoms with Crippen molar-refractivity contribution in [3.63, 3.8) is 0 Å². The second kappa shape index (κ2) is 6.71. The summed E-state index contributed by atoms with van der Waals surface area (Å²) in [6, 6.07) is 8.65. The largest absolute Gasteiger partial charge is 0.312 e. The van der Waals surface area contributed by atoms with Gasteiger partial charge in [0.25, 0.3) is 0 Å². The highest BCUT2D eigenvalue weighted by molar-refractivity contribution is 5.23. The van der Waals surface area contributed by atoms with Crippen molar-refractivity contribution in [1.82, 2.24) is 15.1 Å². The van der Waals surface area contributed by atoms with E-state index >= 15 is 0 Å². The Morgan fingerprint density at radius 3 is 2.50 bits per heavy atom. The summed E-state index contributed by atoms with van der Waals surface area (Å²) in [6.07, 6.45) is 1.98. The molecular weight excluding hydrogens is 246 g/mol. The molecule has 0 radical (unpaired) electrons. The summed E-state index contributed by atoms with van der Waals surface area (Å²) in [5.41, 5.74) is 5.13. The van der Waals surface area contributed by atoms with Crippen molar-refractivity contribution in [1.29, 1.82) is 0 Å². The summed E-state index contributed by atoms with van der Waals surface area (Å²) < 4.78 is 2.08. The van der Waals surface area contributed by atoms with Crippen LogP contribution >= 0.6 is 0 Å². The zero-order valence-corrected chi connectivity index (χ0v) is 13.0. The van der Waals surface area contributed by atoms with Gasteiger partial charge in [-0.3, -0.25) is 4.68 Å². The number of aryl methyl sites for hydroxylation is 1. The Labute approximate surface area is 122 Å². The lowest BCUT2D eigenvalue weighted by atomic mass is 10.1. The fourth-order valence-electron chi connectivity index (χ4n) is 2.18. The first-order valence-electron chi connectivity index (χ1n) is 7.34. The smallest absolute Gasteiger partial charge is 0.0662 e. The molecule has 0 aliphatic carbocycles. The van der Waals surface area contributed by atoms with E-state index in [2.05, 4.69) is 67.1 Å². The van der Waals surface area contributed by atoms with Gasteiger partial charge in [0.1, 0.15) is 0 Å². The molecule has 3 nitrogen and oxygen atoms in total. The third kappa shape index (κ3) is 3.94. The minimum absolute atomic E-state index is 0.679. The summed E-state index contributed by atoms with van der Waals surface area (Å²) in [6.45, 7) is 11.5. The van der Waals surface area contributed by atoms with Crippen LogP contribution in [0.4, 0.5) is 0 Å². The SMILES string of the molecule is Cc1ccc(Cn2ncc(CNCC(C)C)c2C)cc1. The van der Waals surface area contributed by atoms with E-state index in [1.165, 1.54) is 22.4 Å². The summed E-state index contributed by atoms with van der Waals surface area (Å²) in [4.78, 5) is 0. The van der Waals surface area contributed by atoms with Gasteiger partial charge in [-0.2, -0.15) is 5.10 Å². The number of rotatable bonds is 6. The van der Waals surface area contributed by atoms with E-state index in [1.807, 2.05) is 6.20 Å². The van der Waals surface area contributed by atoms with E-state index in [-0.39, 0.29) is 0 Å². The first kappa shape index (κ1) is 14.8. The van der Waals surface area contributed by atoms with Crippen molar-refractivity contribution in [3.05, 3.63) is 52.8 Å². The van der Waals surface area contributed by atoms with Crippen LogP contribution in [0.2, 0.25) is 0 Å². The Bertz CT molecular complexity index is 538. The molecule has 20 heavy (non-hydrogen) atoms. The average molecular weight is 271 g/mol. The lowest BCUT2D eigenvalue weighted by Crippen LogP contribution is -2.19. The molecule has 1 aromatic heterocycles. The Hall–Kier alpha value is -1.61. The Balaban J connectivity index is 1.99. The minimum atomic E-state index is 0.679. The van der Waals surface area contributed by atoms with Crippen molar-refractivity contribution in [2.45, 2.75) is 40.8 Å². The van der Waals surface area contributed by atoms with Gasteiger partial charge in [-0.05, 0) is 31.9 Å². The third-order valence-electron chi connectivity index (χ3n) is 3.53. The molecule has 0 saturated carbocycles. The van der Waals surface area contributed by atoms with Gasteiger partial charge in [-0.1, -0.05) is 43.7 Å². The molecule has 2 rings (SSSR count). The summed E-state index contributed by atoms with van der Waals surface area (Å²) in [5.74, 6) is 0.679. The normalized spacial score (nSPS) is 11.2. The Kier molecular flexibility index (Phi) is 4.96. The lowest BCUT2D eigenvalue weighted by molar-refractivity contribution is 0.551. The highest BCUT2D eigenvalue weighted by Gasteiger charge is 2.06. The maximum absolute atomic E-state index is 4.51. The molecule has 1 aromatic carbocycles. The van der Waals surface area contributed by atoms with Crippen molar-refractivity contribution in [2.24, 2.45) is 5.92 Å². The maximum Gasteiger partial charge on any atom is 0.0662 e. The van der Waals surface area contributed by atoms with Gasteiger partial charge in [0.05, 0.1) is 12.7 Å². The van der Waals surface area contributed by atoms with E-state index in [0.717, 1.165) is 19.6 Å². The van der Waals surface area contributed by atoms with Gasteiger partial charge in [-0.25, -0.2) is 0 Å². The van der Waals surface area contributed by atoms with Gasteiger partial charge < -0.3 is 5.32 Å². The summed E-state index contributed by atoms with van der Waals surface area (Å²) >= 11 is 0. The summed E-state index contributed by atoms with van der Waals surface area (Å²) in [5, 5.41) is 7.98. The zero-order chi connectivity index (χ0) is 14.5. The van der Waals surface area contributed by atoms with Gasteiger partial charge in [0, 0.05) is 17.8 Å². The van der Waals surface area contributed by atoms with Crippen LogP contribution in [-0.2, 0) is 13.1 Å². The molecule has 0 spiro atoms. The van der Waals surface area contributed by atoms with Gasteiger partial charge >= 0.3 is 0 Å². The van der Waals surface area contributed by atoms with Crippen molar-refractivity contribution in [3.8, 4) is 0 Å². The fourth-order valence-corrected chi connectivity index (χ4v) is 2.18. The van der Waals surface area contributed by atoms with Crippen LogP contribution < -0.4 is 5.32 Å². The molecule has 1 N–H and O–H groups in total. The maximum atomic E-state index is 4.51. The Morgan fingerprint density at radius 1 is 1.15 bits per heavy atom. The number of hydrogen-bond donors (Lipinski definition) is 1. The van der Waals surface area contributed by atoms with E-state index in [9.17, 15) is 0 Å². The van der Waals surface area contributed by atoms with Crippen LogP contribution in [0, 0.1) is 19.8 Å². The van der Waals surface area contributed by atoms with E-state index in [4.69, 9.17) is 0 Å². The number of nitrogens with one attached hydrogen (secondary N) is 1. The Morgan fingerprint density at radius 2 is 1.85 bits per heavy atom. The first-order chi connectivity index (χ1) is 9.56. The fraction of sp³-hybridized carbons (Fsp3) is 0.471. The molecule has 0 aliphatic rings. The molecule has 0 bridgehead atoms. The lowest BCUT2D eigenvalue weighted by Gasteiger charge is -2.08. The molecule has 0 aliphatic heterocycles. The van der Waals surface area contributed by atoms with Crippen LogP contribution in [0.1, 0.15) is 36.2 Å². The predicted octanol–water partition coefficient (Wildman–Crippen LogP) is 3.29. The molecule has 0 fully saturated rings. The van der Waals surface area contributed by atoms with Crippen molar-refractivity contribution >= 4 is 0 Å². The molecule has 1 heterocycles. The van der Waals surface area contributed by atoms with Crippen LogP contribution in [0.15, 0.2) is 30.5 Å². The van der Waals surface area contributed by atoms with Crippen LogP contribution in [-0.4, -0.2) is 16.3 Å².